The van der Waals surface area contributed by atoms with Crippen molar-refractivity contribution < 1.29 is 19.6 Å². The number of carboxylic acid groups (broad SMARTS) is 1. The third kappa shape index (κ3) is 5.89. The highest BCUT2D eigenvalue weighted by atomic mass is 16.6. The molecule has 21 heavy (non-hydrogen) atoms. The summed E-state index contributed by atoms with van der Waals surface area (Å²) < 4.78 is 0. The zero-order valence-corrected chi connectivity index (χ0v) is 11.5. The highest BCUT2D eigenvalue weighted by molar-refractivity contribution is 5.83. The van der Waals surface area contributed by atoms with Crippen molar-refractivity contribution in [3.63, 3.8) is 0 Å². The molecule has 8 heteroatoms. The van der Waals surface area contributed by atoms with Crippen LogP contribution in [0, 0.1) is 10.1 Å². The van der Waals surface area contributed by atoms with Gasteiger partial charge >= 0.3 is 5.97 Å². The number of amides is 1. The molecule has 0 aromatic heterocycles. The molecule has 8 nitrogen and oxygen atoms in total. The summed E-state index contributed by atoms with van der Waals surface area (Å²) >= 11 is 0. The fourth-order valence-corrected chi connectivity index (χ4v) is 1.56. The van der Waals surface area contributed by atoms with Crippen LogP contribution in [0.5, 0.6) is 0 Å². The number of non-ortho nitro benzene ring substituents is 1. The number of anilines is 1. The predicted molar refractivity (Wildman–Crippen MR) is 76.1 cm³/mol. The molecule has 0 bridgehead atoms. The number of carboxylic acids is 1. The number of hydrogen-bond donors (Lipinski definition) is 3. The number of aliphatic carboxylic acids is 1. The van der Waals surface area contributed by atoms with E-state index in [4.69, 9.17) is 5.11 Å². The number of carbonyl (C=O) groups excluding carboxylic acids is 1. The number of nitro benzene ring substituents is 1. The highest BCUT2D eigenvalue weighted by Gasteiger charge is 2.13. The van der Waals surface area contributed by atoms with Crippen LogP contribution in [0.2, 0.25) is 0 Å². The molecule has 1 atom stereocenters. The lowest BCUT2D eigenvalue weighted by Gasteiger charge is -2.09. The summed E-state index contributed by atoms with van der Waals surface area (Å²) in [5.41, 5.74) is 0.738. The molecule has 0 spiro atoms. The van der Waals surface area contributed by atoms with Crippen LogP contribution < -0.4 is 10.6 Å². The van der Waals surface area contributed by atoms with Gasteiger partial charge in [0.05, 0.1) is 4.92 Å². The van der Waals surface area contributed by atoms with Crippen molar-refractivity contribution in [2.45, 2.75) is 25.8 Å². The molecule has 0 aliphatic rings. The van der Waals surface area contributed by atoms with E-state index < -0.39 is 16.9 Å². The lowest BCUT2D eigenvalue weighted by Crippen LogP contribution is -2.38. The molecular weight excluding hydrogens is 278 g/mol. The van der Waals surface area contributed by atoms with E-state index in [1.807, 2.05) is 0 Å². The van der Waals surface area contributed by atoms with E-state index in [1.54, 1.807) is 12.1 Å². The molecule has 0 unspecified atom stereocenters. The number of nitrogens with one attached hydrogen (secondary N) is 2. The molecule has 0 saturated heterocycles. The van der Waals surface area contributed by atoms with Crippen LogP contribution in [-0.4, -0.2) is 34.5 Å². The summed E-state index contributed by atoms with van der Waals surface area (Å²) in [6.07, 6.45) is 0.729. The number of nitro groups is 1. The predicted octanol–water partition coefficient (Wildman–Crippen LogP) is 1.38. The van der Waals surface area contributed by atoms with Crippen molar-refractivity contribution in [2.24, 2.45) is 0 Å². The zero-order chi connectivity index (χ0) is 15.8. The van der Waals surface area contributed by atoms with Crippen molar-refractivity contribution in [1.82, 2.24) is 5.32 Å². The first kappa shape index (κ1) is 16.4. The van der Waals surface area contributed by atoms with Crippen molar-refractivity contribution >= 4 is 23.3 Å². The van der Waals surface area contributed by atoms with Crippen LogP contribution in [0.3, 0.4) is 0 Å². The number of nitrogens with zero attached hydrogens (tertiary/aromatic N) is 1. The van der Waals surface area contributed by atoms with Gasteiger partial charge in [0.2, 0.25) is 5.91 Å². The fourth-order valence-electron chi connectivity index (χ4n) is 1.56. The van der Waals surface area contributed by atoms with Crippen LogP contribution in [-0.2, 0) is 9.59 Å². The lowest BCUT2D eigenvalue weighted by atomic mass is 10.2. The number of hydrogen-bond acceptors (Lipinski definition) is 5. The summed E-state index contributed by atoms with van der Waals surface area (Å²) in [4.78, 5) is 32.0. The van der Waals surface area contributed by atoms with E-state index in [0.717, 1.165) is 5.69 Å². The SMILES string of the molecule is C[C@@H](NC(=O)CCCNc1ccc([N+](=O)[O-])cc1)C(=O)O. The van der Waals surface area contributed by atoms with Crippen LogP contribution in [0.4, 0.5) is 11.4 Å². The largest absolute Gasteiger partial charge is 0.480 e. The smallest absolute Gasteiger partial charge is 0.325 e. The van der Waals surface area contributed by atoms with Gasteiger partial charge in [0.25, 0.3) is 5.69 Å². The lowest BCUT2D eigenvalue weighted by molar-refractivity contribution is -0.384. The number of benzene rings is 1. The fraction of sp³-hybridized carbons (Fsp3) is 0.385. The molecule has 0 aliphatic heterocycles. The van der Waals surface area contributed by atoms with Gasteiger partial charge in [-0.25, -0.2) is 0 Å². The summed E-state index contributed by atoms with van der Waals surface area (Å²) in [6, 6.07) is 5.06. The van der Waals surface area contributed by atoms with Gasteiger partial charge in [-0.3, -0.25) is 19.7 Å². The van der Waals surface area contributed by atoms with Gasteiger partial charge in [0, 0.05) is 30.8 Å². The molecule has 0 saturated carbocycles. The average molecular weight is 295 g/mol. The molecule has 0 aliphatic carbocycles. The van der Waals surface area contributed by atoms with Gasteiger partial charge in [-0.05, 0) is 25.5 Å². The van der Waals surface area contributed by atoms with Crippen molar-refractivity contribution in [3.8, 4) is 0 Å². The summed E-state index contributed by atoms with van der Waals surface area (Å²) in [5.74, 6) is -1.40. The topological polar surface area (TPSA) is 122 Å². The van der Waals surface area contributed by atoms with Crippen LogP contribution in [0.25, 0.3) is 0 Å². The Kier molecular flexibility index (Phi) is 6.12. The summed E-state index contributed by atoms with van der Waals surface area (Å²) in [6.45, 7) is 1.90. The Labute approximate surface area is 121 Å². The molecule has 1 rings (SSSR count). The second-order valence-electron chi connectivity index (χ2n) is 4.46. The van der Waals surface area contributed by atoms with E-state index >= 15 is 0 Å². The second kappa shape index (κ2) is 7.83. The third-order valence-corrected chi connectivity index (χ3v) is 2.74. The van der Waals surface area contributed by atoms with Gasteiger partial charge in [0.1, 0.15) is 6.04 Å². The molecule has 0 radical (unpaired) electrons. The second-order valence-corrected chi connectivity index (χ2v) is 4.46. The summed E-state index contributed by atoms with van der Waals surface area (Å²) in [5, 5.41) is 24.5. The molecule has 114 valence electrons. The van der Waals surface area contributed by atoms with E-state index in [1.165, 1.54) is 19.1 Å². The first-order chi connectivity index (χ1) is 9.90. The van der Waals surface area contributed by atoms with E-state index in [2.05, 4.69) is 10.6 Å². The van der Waals surface area contributed by atoms with Crippen LogP contribution in [0.15, 0.2) is 24.3 Å². The molecule has 0 fully saturated rings. The molecule has 0 heterocycles. The first-order valence-corrected chi connectivity index (χ1v) is 6.40. The van der Waals surface area contributed by atoms with Gasteiger partial charge in [0.15, 0.2) is 0 Å². The Bertz CT molecular complexity index is 515. The first-order valence-electron chi connectivity index (χ1n) is 6.40. The number of rotatable bonds is 8. The van der Waals surface area contributed by atoms with Gasteiger partial charge < -0.3 is 15.7 Å². The van der Waals surface area contributed by atoms with Crippen molar-refractivity contribution in [3.05, 3.63) is 34.4 Å². The van der Waals surface area contributed by atoms with Gasteiger partial charge in [-0.1, -0.05) is 0 Å². The minimum Gasteiger partial charge on any atom is -0.480 e. The van der Waals surface area contributed by atoms with Gasteiger partial charge in [-0.2, -0.15) is 0 Å². The van der Waals surface area contributed by atoms with Crippen LogP contribution >= 0.6 is 0 Å². The number of carbonyl (C=O) groups is 2. The van der Waals surface area contributed by atoms with E-state index in [9.17, 15) is 19.7 Å². The maximum absolute atomic E-state index is 11.4. The molecule has 3 N–H and O–H groups in total. The summed E-state index contributed by atoms with van der Waals surface area (Å²) in [7, 11) is 0. The monoisotopic (exact) mass is 295 g/mol. The van der Waals surface area contributed by atoms with Crippen molar-refractivity contribution in [1.29, 1.82) is 0 Å². The molecule has 1 amide bonds. The zero-order valence-electron chi connectivity index (χ0n) is 11.5. The van der Waals surface area contributed by atoms with E-state index in [-0.39, 0.29) is 18.0 Å². The standard InChI is InChI=1S/C13H17N3O5/c1-9(13(18)19)15-12(17)3-2-8-14-10-4-6-11(7-5-10)16(20)21/h4-7,9,14H,2-3,8H2,1H3,(H,15,17)(H,18,19)/t9-/m1/s1. The Morgan fingerprint density at radius 2 is 1.95 bits per heavy atom. The normalized spacial score (nSPS) is 11.5. The quantitative estimate of drug-likeness (QED) is 0.378. The average Bonchev–Trinajstić information content (AvgIpc) is 2.44. The minimum absolute atomic E-state index is 0.0163. The van der Waals surface area contributed by atoms with Gasteiger partial charge in [-0.15, -0.1) is 0 Å². The van der Waals surface area contributed by atoms with Crippen LogP contribution in [0.1, 0.15) is 19.8 Å². The van der Waals surface area contributed by atoms with Crippen molar-refractivity contribution in [2.75, 3.05) is 11.9 Å². The molecule has 1 aromatic carbocycles. The molecular formula is C13H17N3O5. The Morgan fingerprint density at radius 1 is 1.33 bits per heavy atom. The Balaban J connectivity index is 2.26. The van der Waals surface area contributed by atoms with E-state index in [0.29, 0.717) is 13.0 Å². The highest BCUT2D eigenvalue weighted by Crippen LogP contribution is 2.15. The Hall–Kier alpha value is -2.64. The molecule has 1 aromatic rings. The maximum atomic E-state index is 11.4. The third-order valence-electron chi connectivity index (χ3n) is 2.74. The minimum atomic E-state index is -1.08. The Morgan fingerprint density at radius 3 is 2.48 bits per heavy atom. The maximum Gasteiger partial charge on any atom is 0.325 e.